The molecule has 0 aliphatic carbocycles. The van der Waals surface area contributed by atoms with E-state index < -0.39 is 18.1 Å². The van der Waals surface area contributed by atoms with E-state index >= 15 is 0 Å². The van der Waals surface area contributed by atoms with Gasteiger partial charge in [0.25, 0.3) is 0 Å². The van der Waals surface area contributed by atoms with Crippen LogP contribution in [0.1, 0.15) is 232 Å². The molecule has 366 valence electrons. The fourth-order valence-corrected chi connectivity index (χ4v) is 7.60. The van der Waals surface area contributed by atoms with Crippen molar-refractivity contribution in [1.29, 1.82) is 0 Å². The molecule has 0 aliphatic heterocycles. The highest BCUT2D eigenvalue weighted by Crippen LogP contribution is 2.15. The summed E-state index contributed by atoms with van der Waals surface area (Å²) in [4.78, 5) is 37.0. The molecule has 0 aromatic heterocycles. The van der Waals surface area contributed by atoms with Gasteiger partial charge in [0.05, 0.1) is 40.3 Å². The summed E-state index contributed by atoms with van der Waals surface area (Å²) >= 11 is 0. The molecule has 0 rings (SSSR count). The molecule has 0 saturated carbocycles. The minimum absolute atomic E-state index is 0.0377. The number of quaternary nitrogens is 1. The van der Waals surface area contributed by atoms with Crippen LogP contribution in [0.15, 0.2) is 48.6 Å². The van der Waals surface area contributed by atoms with Crippen molar-refractivity contribution < 1.29 is 38.2 Å². The first-order chi connectivity index (χ1) is 30.6. The van der Waals surface area contributed by atoms with E-state index in [-0.39, 0.29) is 42.7 Å². The van der Waals surface area contributed by atoms with Gasteiger partial charge in [-0.25, -0.2) is 0 Å². The molecule has 0 spiro atoms. The van der Waals surface area contributed by atoms with E-state index in [9.17, 15) is 19.5 Å². The maximum absolute atomic E-state index is 12.8. The highest BCUT2D eigenvalue weighted by Gasteiger charge is 2.25. The number of carboxylic acid groups (broad SMARTS) is 1. The normalized spacial score (nSPS) is 13.2. The Morgan fingerprint density at radius 2 is 0.841 bits per heavy atom. The molecule has 0 aliphatic rings. The van der Waals surface area contributed by atoms with Gasteiger partial charge in [0, 0.05) is 19.3 Å². The number of nitrogens with zero attached hydrogens (tertiary/aromatic N) is 1. The summed E-state index contributed by atoms with van der Waals surface area (Å²) in [6.07, 6.45) is 55.6. The lowest BCUT2D eigenvalue weighted by atomic mass is 10.1. The summed E-state index contributed by atoms with van der Waals surface area (Å²) in [5.41, 5.74) is 0. The molecular weight excluding hydrogens is 787 g/mol. The van der Waals surface area contributed by atoms with Gasteiger partial charge >= 0.3 is 11.9 Å². The monoisotopic (exact) mass is 886 g/mol. The quantitative estimate of drug-likeness (QED) is 0.0259. The van der Waals surface area contributed by atoms with Crippen LogP contribution in [0.5, 0.6) is 0 Å². The summed E-state index contributed by atoms with van der Waals surface area (Å²) in [5.74, 6) is -1.74. The number of allylic oxidation sites excluding steroid dienone is 8. The highest BCUT2D eigenvalue weighted by molar-refractivity contribution is 5.70. The lowest BCUT2D eigenvalue weighted by Crippen LogP contribution is -2.55. The molecule has 63 heavy (non-hydrogen) atoms. The maximum Gasteiger partial charge on any atom is 0.306 e. The lowest BCUT2D eigenvalue weighted by molar-refractivity contribution is -0.889. The third-order valence-electron chi connectivity index (χ3n) is 11.7. The number of carboxylic acids is 1. The van der Waals surface area contributed by atoms with Crippen LogP contribution in [-0.2, 0) is 28.6 Å². The Bertz CT molecular complexity index is 1170. The van der Waals surface area contributed by atoms with Crippen LogP contribution in [0.4, 0.5) is 0 Å². The van der Waals surface area contributed by atoms with Crippen molar-refractivity contribution in [3.8, 4) is 0 Å². The Balaban J connectivity index is 4.24. The number of hydrogen-bond acceptors (Lipinski definition) is 7. The summed E-state index contributed by atoms with van der Waals surface area (Å²) < 4.78 is 17.2. The van der Waals surface area contributed by atoms with Gasteiger partial charge in [-0.1, -0.05) is 184 Å². The second-order valence-electron chi connectivity index (χ2n) is 18.8. The van der Waals surface area contributed by atoms with E-state index in [0.717, 1.165) is 57.8 Å². The fraction of sp³-hybridized carbons (Fsp3) is 0.800. The topological polar surface area (TPSA) is 102 Å². The zero-order valence-corrected chi connectivity index (χ0v) is 41.7. The number of unbranched alkanes of at least 4 members (excludes halogenated alkanes) is 25. The second kappa shape index (κ2) is 45.8. The number of hydrogen-bond donors (Lipinski definition) is 0. The Labute approximate surface area is 388 Å². The summed E-state index contributed by atoms with van der Waals surface area (Å²) in [6, 6.07) is -0.728. The Morgan fingerprint density at radius 1 is 0.476 bits per heavy atom. The first kappa shape index (κ1) is 60.3. The van der Waals surface area contributed by atoms with Gasteiger partial charge in [-0.3, -0.25) is 9.59 Å². The molecular formula is C55H99NO7. The van der Waals surface area contributed by atoms with Crippen molar-refractivity contribution in [2.24, 2.45) is 0 Å². The highest BCUT2D eigenvalue weighted by atomic mass is 16.6. The molecule has 0 amide bonds. The van der Waals surface area contributed by atoms with Crippen molar-refractivity contribution in [3.63, 3.8) is 0 Å². The van der Waals surface area contributed by atoms with Crippen LogP contribution in [0.3, 0.4) is 0 Å². The number of rotatable bonds is 47. The van der Waals surface area contributed by atoms with Crippen LogP contribution in [0.2, 0.25) is 0 Å². The van der Waals surface area contributed by atoms with Gasteiger partial charge in [-0.2, -0.15) is 0 Å². The average molecular weight is 886 g/mol. The van der Waals surface area contributed by atoms with E-state index in [0.29, 0.717) is 12.8 Å². The molecule has 0 aromatic carbocycles. The minimum Gasteiger partial charge on any atom is -0.544 e. The largest absolute Gasteiger partial charge is 0.544 e. The van der Waals surface area contributed by atoms with Crippen LogP contribution in [0.25, 0.3) is 0 Å². The molecule has 0 fully saturated rings. The summed E-state index contributed by atoms with van der Waals surface area (Å²) in [5, 5.41) is 11.7. The number of likely N-dealkylation sites (N-methyl/N-ethyl adjacent to an activating group) is 1. The Morgan fingerprint density at radius 3 is 1.29 bits per heavy atom. The summed E-state index contributed by atoms with van der Waals surface area (Å²) in [6.45, 7) is 4.64. The zero-order valence-electron chi connectivity index (χ0n) is 41.7. The van der Waals surface area contributed by atoms with Crippen LogP contribution in [-0.4, -0.2) is 75.5 Å². The van der Waals surface area contributed by atoms with E-state index in [4.69, 9.17) is 14.2 Å². The Kier molecular flexibility index (Phi) is 43.9. The van der Waals surface area contributed by atoms with Gasteiger partial charge in [-0.15, -0.1) is 0 Å². The van der Waals surface area contributed by atoms with Gasteiger partial charge in [0.2, 0.25) is 0 Å². The molecule has 8 heteroatoms. The predicted octanol–water partition coefficient (Wildman–Crippen LogP) is 13.8. The number of carbonyl (C=O) groups is 3. The molecule has 0 radical (unpaired) electrons. The lowest BCUT2D eigenvalue weighted by Gasteiger charge is -2.34. The van der Waals surface area contributed by atoms with Gasteiger partial charge in [-0.05, 0) is 77.0 Å². The number of ether oxygens (including phenoxy) is 3. The molecule has 8 nitrogen and oxygen atoms in total. The van der Waals surface area contributed by atoms with Crippen molar-refractivity contribution in [1.82, 2.24) is 0 Å². The van der Waals surface area contributed by atoms with E-state index in [1.165, 1.54) is 141 Å². The minimum atomic E-state index is -1.13. The molecule has 0 aromatic rings. The van der Waals surface area contributed by atoms with E-state index in [2.05, 4.69) is 62.5 Å². The average Bonchev–Trinajstić information content (AvgIpc) is 3.24. The molecule has 0 saturated heterocycles. The molecule has 0 heterocycles. The summed E-state index contributed by atoms with van der Waals surface area (Å²) in [7, 11) is 5.42. The third-order valence-corrected chi connectivity index (χ3v) is 11.7. The molecule has 2 atom stereocenters. The number of carbonyl (C=O) groups excluding carboxylic acids is 3. The van der Waals surface area contributed by atoms with Crippen molar-refractivity contribution >= 4 is 17.9 Å². The second-order valence-corrected chi connectivity index (χ2v) is 18.8. The van der Waals surface area contributed by atoms with E-state index in [1.807, 2.05) is 0 Å². The zero-order chi connectivity index (χ0) is 46.3. The van der Waals surface area contributed by atoms with Gasteiger partial charge in [0.15, 0.2) is 6.10 Å². The SMILES string of the molecule is CCCCC/C=C/C/C=C/C/C=C/CCCCCCCCCCCC(=O)OCC(COCCC(C(=O)[O-])[N+](C)(C)C)OC(=O)CCCCCCCCC/C=C/CCCCCCCC. The maximum atomic E-state index is 12.8. The smallest absolute Gasteiger partial charge is 0.306 e. The predicted molar refractivity (Wildman–Crippen MR) is 263 cm³/mol. The van der Waals surface area contributed by atoms with Crippen LogP contribution >= 0.6 is 0 Å². The standard InChI is InChI=1S/C55H99NO7/c1-6-8-10-12-14-16-18-20-22-24-25-26-27-28-30-31-33-35-37-39-41-43-45-53(57)62-50-51(49-61-48-47-52(55(59)60)56(3,4)5)63-54(58)46-44-42-40-38-36-34-32-29-23-21-19-17-15-13-11-9-7-2/h14,16,20-23,25-26,51-52H,6-13,15,17-19,24,27-50H2,1-5H3/b16-14+,22-20+,23-21+,26-25+. The van der Waals surface area contributed by atoms with Crippen LogP contribution < -0.4 is 5.11 Å². The van der Waals surface area contributed by atoms with Crippen molar-refractivity contribution in [2.75, 3.05) is 41.0 Å². The van der Waals surface area contributed by atoms with Gasteiger partial charge < -0.3 is 28.6 Å². The van der Waals surface area contributed by atoms with Crippen molar-refractivity contribution in [3.05, 3.63) is 48.6 Å². The number of esters is 2. The fourth-order valence-electron chi connectivity index (χ4n) is 7.60. The molecule has 2 unspecified atom stereocenters. The molecule has 0 bridgehead atoms. The van der Waals surface area contributed by atoms with E-state index in [1.54, 1.807) is 21.1 Å². The first-order valence-electron chi connectivity index (χ1n) is 26.2. The Hall–Kier alpha value is -2.71. The first-order valence-corrected chi connectivity index (χ1v) is 26.2. The number of aliphatic carboxylic acids is 1. The van der Waals surface area contributed by atoms with Gasteiger partial charge in [0.1, 0.15) is 12.6 Å². The third kappa shape index (κ3) is 44.3. The van der Waals surface area contributed by atoms with Crippen LogP contribution in [0, 0.1) is 0 Å². The molecule has 0 N–H and O–H groups in total. The van der Waals surface area contributed by atoms with Crippen molar-refractivity contribution in [2.45, 2.75) is 244 Å².